The molecule has 1 aliphatic heterocycles. The molecule has 1 aliphatic rings. The fourth-order valence-electron chi connectivity index (χ4n) is 4.08. The third-order valence-corrected chi connectivity index (χ3v) is 5.83. The lowest BCUT2D eigenvalue weighted by molar-refractivity contribution is 0.0900. The van der Waals surface area contributed by atoms with Crippen LogP contribution in [-0.4, -0.2) is 47.4 Å². The number of piperidine rings is 1. The van der Waals surface area contributed by atoms with E-state index in [2.05, 4.69) is 78.4 Å². The zero-order valence-electron chi connectivity index (χ0n) is 18.1. The van der Waals surface area contributed by atoms with Crippen LogP contribution < -0.4 is 5.32 Å². The number of likely N-dealkylation sites (tertiary alicyclic amines) is 1. The summed E-state index contributed by atoms with van der Waals surface area (Å²) in [6, 6.07) is 19.4. The van der Waals surface area contributed by atoms with Crippen LogP contribution in [-0.2, 0) is 13.1 Å². The molecule has 0 saturated carbocycles. The molecule has 1 heterocycles. The highest BCUT2D eigenvalue weighted by Crippen LogP contribution is 2.15. The first-order chi connectivity index (χ1) is 14.0. The van der Waals surface area contributed by atoms with Crippen molar-refractivity contribution in [2.75, 3.05) is 19.6 Å². The lowest BCUT2D eigenvalue weighted by Gasteiger charge is -2.33. The van der Waals surface area contributed by atoms with Gasteiger partial charge in [-0.2, -0.15) is 0 Å². The molecule has 1 saturated heterocycles. The lowest BCUT2D eigenvalue weighted by atomic mass is 10.0. The zero-order valence-corrected chi connectivity index (χ0v) is 18.1. The third kappa shape index (κ3) is 6.41. The van der Waals surface area contributed by atoms with Gasteiger partial charge in [0.2, 0.25) is 0 Å². The second kappa shape index (κ2) is 10.6. The lowest BCUT2D eigenvalue weighted by Crippen LogP contribution is -2.47. The van der Waals surface area contributed by atoms with Gasteiger partial charge in [0, 0.05) is 37.3 Å². The van der Waals surface area contributed by atoms with E-state index in [0.29, 0.717) is 6.04 Å². The molecule has 3 rings (SSSR count). The Labute approximate surface area is 175 Å². The summed E-state index contributed by atoms with van der Waals surface area (Å²) in [4.78, 5) is 17.6. The highest BCUT2D eigenvalue weighted by molar-refractivity contribution is 5.94. The Balaban J connectivity index is 1.52. The maximum absolute atomic E-state index is 12.7. The molecule has 0 aromatic heterocycles. The summed E-state index contributed by atoms with van der Waals surface area (Å²) in [6.07, 6.45) is 2.17. The van der Waals surface area contributed by atoms with Crippen LogP contribution >= 0.6 is 0 Å². The first-order valence-corrected chi connectivity index (χ1v) is 10.9. The van der Waals surface area contributed by atoms with Crippen molar-refractivity contribution in [2.45, 2.75) is 58.8 Å². The Morgan fingerprint density at radius 1 is 1.10 bits per heavy atom. The van der Waals surface area contributed by atoms with Gasteiger partial charge in [-0.25, -0.2) is 0 Å². The van der Waals surface area contributed by atoms with Crippen LogP contribution in [0.2, 0.25) is 0 Å². The molecule has 4 nitrogen and oxygen atoms in total. The number of carbonyl (C=O) groups is 1. The number of benzene rings is 2. The highest BCUT2D eigenvalue weighted by atomic mass is 16.1. The minimum absolute atomic E-state index is 0.0410. The predicted molar refractivity (Wildman–Crippen MR) is 120 cm³/mol. The molecule has 2 aromatic rings. The Morgan fingerprint density at radius 3 is 2.48 bits per heavy atom. The second-order valence-corrected chi connectivity index (χ2v) is 8.39. The van der Waals surface area contributed by atoms with Crippen molar-refractivity contribution in [1.29, 1.82) is 0 Å². The number of hydrogen-bond acceptors (Lipinski definition) is 3. The van der Waals surface area contributed by atoms with E-state index in [1.165, 1.54) is 11.1 Å². The van der Waals surface area contributed by atoms with Gasteiger partial charge in [0.1, 0.15) is 0 Å². The molecule has 1 N–H and O–H groups in total. The van der Waals surface area contributed by atoms with Gasteiger partial charge in [0.25, 0.3) is 5.91 Å². The number of carbonyl (C=O) groups excluding carboxylic acids is 1. The van der Waals surface area contributed by atoms with Crippen LogP contribution in [0, 0.1) is 0 Å². The minimum atomic E-state index is 0.0410. The topological polar surface area (TPSA) is 35.6 Å². The van der Waals surface area contributed by atoms with Gasteiger partial charge in [0.15, 0.2) is 0 Å². The Kier molecular flexibility index (Phi) is 7.84. The Hall–Kier alpha value is -2.17. The molecule has 1 atom stereocenters. The van der Waals surface area contributed by atoms with Gasteiger partial charge in [-0.05, 0) is 63.0 Å². The van der Waals surface area contributed by atoms with E-state index >= 15 is 0 Å². The summed E-state index contributed by atoms with van der Waals surface area (Å²) in [7, 11) is 0. The van der Waals surface area contributed by atoms with Crippen molar-refractivity contribution in [1.82, 2.24) is 15.1 Å². The van der Waals surface area contributed by atoms with E-state index in [1.807, 2.05) is 12.1 Å². The summed E-state index contributed by atoms with van der Waals surface area (Å²) in [6.45, 7) is 11.5. The van der Waals surface area contributed by atoms with Crippen molar-refractivity contribution in [2.24, 2.45) is 0 Å². The third-order valence-electron chi connectivity index (χ3n) is 5.83. The van der Waals surface area contributed by atoms with Crippen LogP contribution in [0.5, 0.6) is 0 Å². The standard InChI is InChI=1S/C25H35N3O/c1-4-28(20(2)3)18-22-12-14-23(15-13-22)25(29)26-24-11-8-16-27(19-24)17-21-9-6-5-7-10-21/h5-7,9-10,12-15,20,24H,4,8,11,16-19H2,1-3H3,(H,26,29). The summed E-state index contributed by atoms with van der Waals surface area (Å²) in [5, 5.41) is 3.25. The molecule has 0 aliphatic carbocycles. The SMILES string of the molecule is CCN(Cc1ccc(C(=O)NC2CCCN(Cc3ccccc3)C2)cc1)C(C)C. The monoisotopic (exact) mass is 393 g/mol. The molecule has 156 valence electrons. The maximum atomic E-state index is 12.7. The van der Waals surface area contributed by atoms with Crippen molar-refractivity contribution in [3.63, 3.8) is 0 Å². The number of amides is 1. The average molecular weight is 394 g/mol. The van der Waals surface area contributed by atoms with Gasteiger partial charge in [-0.3, -0.25) is 14.6 Å². The van der Waals surface area contributed by atoms with Crippen LogP contribution in [0.15, 0.2) is 54.6 Å². The van der Waals surface area contributed by atoms with E-state index in [1.54, 1.807) is 0 Å². The molecular weight excluding hydrogens is 358 g/mol. The van der Waals surface area contributed by atoms with Gasteiger partial charge in [-0.15, -0.1) is 0 Å². The molecule has 1 unspecified atom stereocenters. The molecule has 4 heteroatoms. The quantitative estimate of drug-likeness (QED) is 0.726. The zero-order chi connectivity index (χ0) is 20.6. The second-order valence-electron chi connectivity index (χ2n) is 8.39. The van der Waals surface area contributed by atoms with E-state index < -0.39 is 0 Å². The first kappa shape index (κ1) is 21.5. The van der Waals surface area contributed by atoms with E-state index in [9.17, 15) is 4.79 Å². The predicted octanol–water partition coefficient (Wildman–Crippen LogP) is 4.31. The maximum Gasteiger partial charge on any atom is 0.251 e. The van der Waals surface area contributed by atoms with Crippen molar-refractivity contribution < 1.29 is 4.79 Å². The number of rotatable bonds is 8. The van der Waals surface area contributed by atoms with Crippen LogP contribution in [0.4, 0.5) is 0 Å². The molecule has 0 spiro atoms. The molecule has 1 fully saturated rings. The van der Waals surface area contributed by atoms with E-state index in [4.69, 9.17) is 0 Å². The molecule has 2 aromatic carbocycles. The molecule has 29 heavy (non-hydrogen) atoms. The van der Waals surface area contributed by atoms with Gasteiger partial charge < -0.3 is 5.32 Å². The number of nitrogens with one attached hydrogen (secondary N) is 1. The fraction of sp³-hybridized carbons (Fsp3) is 0.480. The fourth-order valence-corrected chi connectivity index (χ4v) is 4.08. The molecular formula is C25H35N3O. The van der Waals surface area contributed by atoms with Gasteiger partial charge in [-0.1, -0.05) is 49.4 Å². The Morgan fingerprint density at radius 2 is 1.83 bits per heavy atom. The smallest absolute Gasteiger partial charge is 0.251 e. The minimum Gasteiger partial charge on any atom is -0.348 e. The van der Waals surface area contributed by atoms with Crippen LogP contribution in [0.3, 0.4) is 0 Å². The normalized spacial score (nSPS) is 17.6. The molecule has 0 radical (unpaired) electrons. The summed E-state index contributed by atoms with van der Waals surface area (Å²) in [5.41, 5.74) is 3.34. The molecule has 1 amide bonds. The first-order valence-electron chi connectivity index (χ1n) is 10.9. The van der Waals surface area contributed by atoms with Crippen LogP contribution in [0.1, 0.15) is 55.1 Å². The summed E-state index contributed by atoms with van der Waals surface area (Å²) in [5.74, 6) is 0.0410. The average Bonchev–Trinajstić information content (AvgIpc) is 2.73. The van der Waals surface area contributed by atoms with E-state index in [-0.39, 0.29) is 11.9 Å². The van der Waals surface area contributed by atoms with Gasteiger partial charge >= 0.3 is 0 Å². The highest BCUT2D eigenvalue weighted by Gasteiger charge is 2.22. The van der Waals surface area contributed by atoms with E-state index in [0.717, 1.165) is 51.1 Å². The van der Waals surface area contributed by atoms with Crippen molar-refractivity contribution in [3.8, 4) is 0 Å². The number of hydrogen-bond donors (Lipinski definition) is 1. The van der Waals surface area contributed by atoms with Gasteiger partial charge in [0.05, 0.1) is 0 Å². The number of nitrogens with zero attached hydrogens (tertiary/aromatic N) is 2. The van der Waals surface area contributed by atoms with Crippen molar-refractivity contribution in [3.05, 3.63) is 71.3 Å². The van der Waals surface area contributed by atoms with Crippen molar-refractivity contribution >= 4 is 5.91 Å². The van der Waals surface area contributed by atoms with Crippen LogP contribution in [0.25, 0.3) is 0 Å². The summed E-state index contributed by atoms with van der Waals surface area (Å²) < 4.78 is 0. The molecule has 0 bridgehead atoms. The largest absolute Gasteiger partial charge is 0.348 e. The Bertz CT molecular complexity index is 757. The summed E-state index contributed by atoms with van der Waals surface area (Å²) >= 11 is 0.